The van der Waals surface area contributed by atoms with Crippen LogP contribution in [0.2, 0.25) is 0 Å². The number of nitrogen functional groups attached to an aromatic ring is 1. The van der Waals surface area contributed by atoms with E-state index in [0.29, 0.717) is 5.82 Å². The first-order chi connectivity index (χ1) is 9.52. The third-order valence-corrected chi connectivity index (χ3v) is 3.88. The van der Waals surface area contributed by atoms with Crippen LogP contribution in [0.4, 0.5) is 11.6 Å². The van der Waals surface area contributed by atoms with Gasteiger partial charge in [-0.15, -0.1) is 0 Å². The highest BCUT2D eigenvalue weighted by atomic mass is 15.2. The molecular formula is C15H27N5. The molecule has 3 N–H and O–H groups in total. The number of hydrogen-bond acceptors (Lipinski definition) is 5. The molecular weight excluding hydrogens is 250 g/mol. The second kappa shape index (κ2) is 6.39. The first kappa shape index (κ1) is 15.0. The number of likely N-dealkylation sites (N-methyl/N-ethyl adjacent to an activating group) is 1. The maximum absolute atomic E-state index is 5.97. The van der Waals surface area contributed by atoms with Gasteiger partial charge in [0.15, 0.2) is 0 Å². The van der Waals surface area contributed by atoms with Crippen LogP contribution in [0, 0.1) is 6.92 Å². The van der Waals surface area contributed by atoms with Crippen molar-refractivity contribution in [1.82, 2.24) is 14.9 Å². The number of aromatic nitrogens is 2. The van der Waals surface area contributed by atoms with Gasteiger partial charge in [0, 0.05) is 30.6 Å². The number of hydrogen-bond donors (Lipinski definition) is 2. The van der Waals surface area contributed by atoms with Gasteiger partial charge in [-0.25, -0.2) is 9.97 Å². The topological polar surface area (TPSA) is 67.1 Å². The van der Waals surface area contributed by atoms with Crippen LogP contribution in [0.3, 0.4) is 0 Å². The van der Waals surface area contributed by atoms with Gasteiger partial charge in [-0.1, -0.05) is 20.8 Å². The van der Waals surface area contributed by atoms with Gasteiger partial charge >= 0.3 is 0 Å². The molecule has 0 bridgehead atoms. The standard InChI is InChI=1S/C15H27N5/c1-5-20(12-6-7-12)9-8-17-15-11(4)13(16)18-14(19-15)10(2)3/h10,12H,5-9H2,1-4H3,(H3,16,17,18,19). The lowest BCUT2D eigenvalue weighted by Crippen LogP contribution is -2.31. The minimum Gasteiger partial charge on any atom is -0.383 e. The van der Waals surface area contributed by atoms with E-state index >= 15 is 0 Å². The highest BCUT2D eigenvalue weighted by Crippen LogP contribution is 2.26. The molecule has 1 heterocycles. The van der Waals surface area contributed by atoms with Crippen molar-refractivity contribution in [3.8, 4) is 0 Å². The number of anilines is 2. The summed E-state index contributed by atoms with van der Waals surface area (Å²) in [4.78, 5) is 11.5. The number of nitrogens with two attached hydrogens (primary N) is 1. The molecule has 0 spiro atoms. The van der Waals surface area contributed by atoms with Crippen LogP contribution in [0.5, 0.6) is 0 Å². The predicted octanol–water partition coefficient (Wildman–Crippen LogP) is 2.39. The Labute approximate surface area is 122 Å². The van der Waals surface area contributed by atoms with Gasteiger partial charge in [0.25, 0.3) is 0 Å². The maximum atomic E-state index is 5.97. The largest absolute Gasteiger partial charge is 0.383 e. The first-order valence-electron chi connectivity index (χ1n) is 7.64. The zero-order valence-electron chi connectivity index (χ0n) is 13.1. The van der Waals surface area contributed by atoms with Crippen LogP contribution in [0.1, 0.15) is 50.9 Å². The first-order valence-corrected chi connectivity index (χ1v) is 7.64. The smallest absolute Gasteiger partial charge is 0.135 e. The summed E-state index contributed by atoms with van der Waals surface area (Å²) in [7, 11) is 0. The monoisotopic (exact) mass is 277 g/mol. The van der Waals surface area contributed by atoms with Crippen molar-refractivity contribution < 1.29 is 0 Å². The van der Waals surface area contributed by atoms with Crippen LogP contribution in [0.15, 0.2) is 0 Å². The average molecular weight is 277 g/mol. The lowest BCUT2D eigenvalue weighted by atomic mass is 10.2. The van der Waals surface area contributed by atoms with E-state index < -0.39 is 0 Å². The molecule has 2 rings (SSSR count). The highest BCUT2D eigenvalue weighted by Gasteiger charge is 2.27. The molecule has 20 heavy (non-hydrogen) atoms. The highest BCUT2D eigenvalue weighted by molar-refractivity contribution is 5.54. The summed E-state index contributed by atoms with van der Waals surface area (Å²) in [6.45, 7) is 11.4. The van der Waals surface area contributed by atoms with E-state index in [-0.39, 0.29) is 5.92 Å². The summed E-state index contributed by atoms with van der Waals surface area (Å²) in [5.41, 5.74) is 6.92. The van der Waals surface area contributed by atoms with Crippen molar-refractivity contribution in [2.45, 2.75) is 52.5 Å². The molecule has 0 radical (unpaired) electrons. The number of rotatable bonds is 7. The minimum atomic E-state index is 0.289. The SMILES string of the molecule is CCN(CCNc1nc(C(C)C)nc(N)c1C)C1CC1. The van der Waals surface area contributed by atoms with Gasteiger partial charge in [-0.2, -0.15) is 0 Å². The van der Waals surface area contributed by atoms with Crippen molar-refractivity contribution in [1.29, 1.82) is 0 Å². The second-order valence-electron chi connectivity index (χ2n) is 5.88. The predicted molar refractivity (Wildman–Crippen MR) is 84.0 cm³/mol. The zero-order valence-corrected chi connectivity index (χ0v) is 13.1. The van der Waals surface area contributed by atoms with Gasteiger partial charge in [0.1, 0.15) is 17.5 Å². The molecule has 0 atom stereocenters. The molecule has 0 aromatic carbocycles. The fourth-order valence-corrected chi connectivity index (χ4v) is 2.34. The number of nitrogens with one attached hydrogen (secondary N) is 1. The quantitative estimate of drug-likeness (QED) is 0.801. The molecule has 112 valence electrons. The Kier molecular flexibility index (Phi) is 4.81. The molecule has 1 saturated carbocycles. The molecule has 0 saturated heterocycles. The Morgan fingerprint density at radius 2 is 2.05 bits per heavy atom. The molecule has 0 aliphatic heterocycles. The molecule has 5 heteroatoms. The van der Waals surface area contributed by atoms with Gasteiger partial charge in [0.05, 0.1) is 0 Å². The molecule has 1 fully saturated rings. The van der Waals surface area contributed by atoms with Gasteiger partial charge in [0.2, 0.25) is 0 Å². The summed E-state index contributed by atoms with van der Waals surface area (Å²) >= 11 is 0. The Bertz CT molecular complexity index is 454. The molecule has 1 aliphatic rings. The minimum absolute atomic E-state index is 0.289. The van der Waals surface area contributed by atoms with E-state index in [0.717, 1.165) is 42.9 Å². The van der Waals surface area contributed by atoms with E-state index in [4.69, 9.17) is 5.73 Å². The van der Waals surface area contributed by atoms with Crippen molar-refractivity contribution in [3.63, 3.8) is 0 Å². The third-order valence-electron chi connectivity index (χ3n) is 3.88. The maximum Gasteiger partial charge on any atom is 0.135 e. The Balaban J connectivity index is 1.97. The zero-order chi connectivity index (χ0) is 14.7. The number of nitrogens with zero attached hydrogens (tertiary/aromatic N) is 3. The fraction of sp³-hybridized carbons (Fsp3) is 0.733. The van der Waals surface area contributed by atoms with Crippen LogP contribution in [-0.2, 0) is 0 Å². The molecule has 1 aromatic heterocycles. The van der Waals surface area contributed by atoms with E-state index in [1.807, 2.05) is 6.92 Å². The second-order valence-corrected chi connectivity index (χ2v) is 5.88. The van der Waals surface area contributed by atoms with Crippen LogP contribution >= 0.6 is 0 Å². The van der Waals surface area contributed by atoms with Gasteiger partial charge < -0.3 is 11.1 Å². The van der Waals surface area contributed by atoms with E-state index in [9.17, 15) is 0 Å². The van der Waals surface area contributed by atoms with Crippen molar-refractivity contribution >= 4 is 11.6 Å². The summed E-state index contributed by atoms with van der Waals surface area (Å²) in [6, 6.07) is 0.810. The van der Waals surface area contributed by atoms with Crippen LogP contribution in [0.25, 0.3) is 0 Å². The van der Waals surface area contributed by atoms with Crippen molar-refractivity contribution in [2.75, 3.05) is 30.7 Å². The normalized spacial score (nSPS) is 15.1. The van der Waals surface area contributed by atoms with Crippen molar-refractivity contribution in [2.24, 2.45) is 0 Å². The van der Waals surface area contributed by atoms with E-state index in [1.54, 1.807) is 0 Å². The van der Waals surface area contributed by atoms with Crippen molar-refractivity contribution in [3.05, 3.63) is 11.4 Å². The Hall–Kier alpha value is -1.36. The lowest BCUT2D eigenvalue weighted by molar-refractivity contribution is 0.289. The Morgan fingerprint density at radius 3 is 2.60 bits per heavy atom. The van der Waals surface area contributed by atoms with Gasteiger partial charge in [-0.05, 0) is 26.3 Å². The molecule has 5 nitrogen and oxygen atoms in total. The average Bonchev–Trinajstić information content (AvgIpc) is 3.23. The van der Waals surface area contributed by atoms with Gasteiger partial charge in [-0.3, -0.25) is 4.90 Å². The van der Waals surface area contributed by atoms with E-state index in [1.165, 1.54) is 12.8 Å². The molecule has 1 aromatic rings. The Morgan fingerprint density at radius 1 is 1.35 bits per heavy atom. The van der Waals surface area contributed by atoms with Crippen LogP contribution < -0.4 is 11.1 Å². The summed E-state index contributed by atoms with van der Waals surface area (Å²) in [5.74, 6) is 2.57. The summed E-state index contributed by atoms with van der Waals surface area (Å²) in [5, 5.41) is 3.42. The molecule has 1 aliphatic carbocycles. The fourth-order valence-electron chi connectivity index (χ4n) is 2.34. The molecule has 0 amide bonds. The van der Waals surface area contributed by atoms with E-state index in [2.05, 4.69) is 41.0 Å². The summed E-state index contributed by atoms with van der Waals surface area (Å²) in [6.07, 6.45) is 2.70. The van der Waals surface area contributed by atoms with Crippen LogP contribution in [-0.4, -0.2) is 40.5 Å². The third kappa shape index (κ3) is 3.60. The summed E-state index contributed by atoms with van der Waals surface area (Å²) < 4.78 is 0. The lowest BCUT2D eigenvalue weighted by Gasteiger charge is -2.20. The molecule has 0 unspecified atom stereocenters.